The maximum Gasteiger partial charge on any atom is 0.332 e. The van der Waals surface area contributed by atoms with E-state index in [2.05, 4.69) is 11.4 Å². The highest BCUT2D eigenvalue weighted by molar-refractivity contribution is 7.19. The van der Waals surface area contributed by atoms with E-state index >= 15 is 0 Å². The van der Waals surface area contributed by atoms with Crippen molar-refractivity contribution < 1.29 is 23.5 Å². The summed E-state index contributed by atoms with van der Waals surface area (Å²) in [5.41, 5.74) is 3.53. The molecule has 1 atom stereocenters. The largest absolute Gasteiger partial charge is 0.489 e. The Bertz CT molecular complexity index is 1490. The summed E-state index contributed by atoms with van der Waals surface area (Å²) < 4.78 is 25.0. The lowest BCUT2D eigenvalue weighted by atomic mass is 9.95. The minimum atomic E-state index is -1.15. The Hall–Kier alpha value is -3.68. The molecule has 3 aromatic carbocycles. The number of esters is 1. The van der Waals surface area contributed by atoms with E-state index in [1.807, 2.05) is 36.4 Å². The molecular formula is C31H27ClFNO4S. The van der Waals surface area contributed by atoms with Crippen LogP contribution in [-0.4, -0.2) is 24.0 Å². The number of halogens is 2. The zero-order chi connectivity index (χ0) is 27.4. The Kier molecular flexibility index (Phi) is 8.00. The van der Waals surface area contributed by atoms with Crippen molar-refractivity contribution in [1.29, 1.82) is 0 Å². The van der Waals surface area contributed by atoms with Gasteiger partial charge in [0, 0.05) is 17.7 Å². The van der Waals surface area contributed by atoms with Crippen LogP contribution in [0.25, 0.3) is 10.4 Å². The Labute approximate surface area is 235 Å². The molecule has 8 heteroatoms. The van der Waals surface area contributed by atoms with Crippen molar-refractivity contribution in [3.8, 4) is 16.2 Å². The van der Waals surface area contributed by atoms with Gasteiger partial charge in [0.1, 0.15) is 23.7 Å². The van der Waals surface area contributed by atoms with Crippen molar-refractivity contribution in [2.45, 2.75) is 38.3 Å². The van der Waals surface area contributed by atoms with Gasteiger partial charge in [-0.1, -0.05) is 48.0 Å². The van der Waals surface area contributed by atoms with E-state index in [-0.39, 0.29) is 24.8 Å². The first-order valence-electron chi connectivity index (χ1n) is 12.7. The van der Waals surface area contributed by atoms with Crippen LogP contribution in [0.1, 0.15) is 29.2 Å². The molecule has 1 aliphatic rings. The molecule has 0 fully saturated rings. The van der Waals surface area contributed by atoms with Gasteiger partial charge in [0.2, 0.25) is 5.91 Å². The van der Waals surface area contributed by atoms with E-state index in [1.165, 1.54) is 23.5 Å². The summed E-state index contributed by atoms with van der Waals surface area (Å²) in [6.45, 7) is 2.29. The Morgan fingerprint density at radius 1 is 0.949 bits per heavy atom. The smallest absolute Gasteiger partial charge is 0.332 e. The van der Waals surface area contributed by atoms with Gasteiger partial charge in [-0.3, -0.25) is 4.79 Å². The standard InChI is InChI=1S/C31H27ClFNO4S/c1-2-37-30(36)31(17-23-8-7-22(16-24(23)18-31)27-13-14-28(32)39-27)34-29(35)15-20-5-11-26(12-6-20)38-19-21-3-9-25(33)10-4-21/h3-14,16H,2,15,17-19H2,1H3,(H,34,35). The lowest BCUT2D eigenvalue weighted by Crippen LogP contribution is -2.56. The van der Waals surface area contributed by atoms with Crippen molar-refractivity contribution in [3.05, 3.63) is 111 Å². The van der Waals surface area contributed by atoms with Crippen LogP contribution in [0.15, 0.2) is 78.9 Å². The molecule has 5 rings (SSSR count). The van der Waals surface area contributed by atoms with E-state index in [0.29, 0.717) is 29.5 Å². The SMILES string of the molecule is CCOC(=O)C1(NC(=O)Cc2ccc(OCc3ccc(F)cc3)cc2)Cc2ccc(-c3ccc(Cl)s3)cc2C1. The number of rotatable bonds is 9. The number of benzene rings is 3. The summed E-state index contributed by atoms with van der Waals surface area (Å²) >= 11 is 7.62. The maximum atomic E-state index is 13.2. The fourth-order valence-corrected chi connectivity index (χ4v) is 5.84. The lowest BCUT2D eigenvalue weighted by Gasteiger charge is -2.28. The number of nitrogens with one attached hydrogen (secondary N) is 1. The Morgan fingerprint density at radius 3 is 2.36 bits per heavy atom. The van der Waals surface area contributed by atoms with E-state index < -0.39 is 11.5 Å². The van der Waals surface area contributed by atoms with Gasteiger partial charge in [0.15, 0.2) is 0 Å². The van der Waals surface area contributed by atoms with Crippen LogP contribution in [0.2, 0.25) is 4.34 Å². The molecule has 1 aliphatic carbocycles. The van der Waals surface area contributed by atoms with Gasteiger partial charge in [-0.2, -0.15) is 0 Å². The predicted molar refractivity (Wildman–Crippen MR) is 151 cm³/mol. The summed E-state index contributed by atoms with van der Waals surface area (Å²) in [7, 11) is 0. The fraction of sp³-hybridized carbons (Fsp3) is 0.226. The minimum absolute atomic E-state index is 0.106. The molecule has 0 spiro atoms. The maximum absolute atomic E-state index is 13.2. The van der Waals surface area contributed by atoms with E-state index in [0.717, 1.165) is 32.7 Å². The number of amides is 1. The van der Waals surface area contributed by atoms with Crippen LogP contribution >= 0.6 is 22.9 Å². The van der Waals surface area contributed by atoms with Crippen LogP contribution in [0.4, 0.5) is 4.39 Å². The van der Waals surface area contributed by atoms with Crippen molar-refractivity contribution >= 4 is 34.8 Å². The molecule has 1 heterocycles. The number of hydrogen-bond acceptors (Lipinski definition) is 5. The second kappa shape index (κ2) is 11.6. The second-order valence-electron chi connectivity index (χ2n) is 9.53. The summed E-state index contributed by atoms with van der Waals surface area (Å²) in [6.07, 6.45) is 0.833. The summed E-state index contributed by atoms with van der Waals surface area (Å²) in [4.78, 5) is 27.3. The second-order valence-corrected chi connectivity index (χ2v) is 11.2. The van der Waals surface area contributed by atoms with Crippen LogP contribution in [0, 0.1) is 5.82 Å². The molecule has 0 radical (unpaired) electrons. The molecule has 200 valence electrons. The molecule has 1 aromatic heterocycles. The van der Waals surface area contributed by atoms with Crippen molar-refractivity contribution in [1.82, 2.24) is 5.32 Å². The van der Waals surface area contributed by atoms with Gasteiger partial charge < -0.3 is 14.8 Å². The van der Waals surface area contributed by atoms with Gasteiger partial charge in [-0.15, -0.1) is 11.3 Å². The third-order valence-electron chi connectivity index (χ3n) is 6.70. The zero-order valence-electron chi connectivity index (χ0n) is 21.3. The van der Waals surface area contributed by atoms with Crippen molar-refractivity contribution in [2.75, 3.05) is 6.61 Å². The van der Waals surface area contributed by atoms with E-state index in [9.17, 15) is 14.0 Å². The van der Waals surface area contributed by atoms with Gasteiger partial charge in [0.05, 0.1) is 17.4 Å². The van der Waals surface area contributed by atoms with Gasteiger partial charge in [-0.25, -0.2) is 9.18 Å². The molecule has 0 saturated carbocycles. The average molecular weight is 564 g/mol. The highest BCUT2D eigenvalue weighted by Gasteiger charge is 2.46. The van der Waals surface area contributed by atoms with Crippen LogP contribution in [-0.2, 0) is 40.2 Å². The minimum Gasteiger partial charge on any atom is -0.489 e. The zero-order valence-corrected chi connectivity index (χ0v) is 22.9. The van der Waals surface area contributed by atoms with Gasteiger partial charge in [-0.05, 0) is 77.2 Å². The van der Waals surface area contributed by atoms with Crippen LogP contribution in [0.5, 0.6) is 5.75 Å². The predicted octanol–water partition coefficient (Wildman–Crippen LogP) is 6.55. The first-order valence-corrected chi connectivity index (χ1v) is 13.8. The molecule has 39 heavy (non-hydrogen) atoms. The van der Waals surface area contributed by atoms with Crippen LogP contribution < -0.4 is 10.1 Å². The molecule has 0 aliphatic heterocycles. The number of thiophene rings is 1. The normalized spacial score (nSPS) is 16.0. The van der Waals surface area contributed by atoms with Gasteiger partial charge >= 0.3 is 5.97 Å². The number of carbonyl (C=O) groups is 2. The van der Waals surface area contributed by atoms with E-state index in [4.69, 9.17) is 21.1 Å². The van der Waals surface area contributed by atoms with E-state index in [1.54, 1.807) is 31.2 Å². The Morgan fingerprint density at radius 2 is 1.67 bits per heavy atom. The molecule has 4 aromatic rings. The number of fused-ring (bicyclic) bond motifs is 1. The molecule has 5 nitrogen and oxygen atoms in total. The van der Waals surface area contributed by atoms with Crippen molar-refractivity contribution in [2.24, 2.45) is 0 Å². The first kappa shape index (κ1) is 26.9. The summed E-state index contributed by atoms with van der Waals surface area (Å²) in [5.74, 6) is -0.345. The number of hydrogen-bond donors (Lipinski definition) is 1. The quantitative estimate of drug-likeness (QED) is 0.235. The Balaban J connectivity index is 1.25. The average Bonchev–Trinajstić information content (AvgIpc) is 3.52. The number of ether oxygens (including phenoxy) is 2. The molecule has 1 N–H and O–H groups in total. The molecular weight excluding hydrogens is 537 g/mol. The highest BCUT2D eigenvalue weighted by Crippen LogP contribution is 2.37. The highest BCUT2D eigenvalue weighted by atomic mass is 35.5. The third kappa shape index (κ3) is 6.32. The third-order valence-corrected chi connectivity index (χ3v) is 7.98. The van der Waals surface area contributed by atoms with Crippen molar-refractivity contribution in [3.63, 3.8) is 0 Å². The number of carbonyl (C=O) groups excluding carboxylic acids is 2. The molecule has 0 bridgehead atoms. The lowest BCUT2D eigenvalue weighted by molar-refractivity contribution is -0.153. The monoisotopic (exact) mass is 563 g/mol. The summed E-state index contributed by atoms with van der Waals surface area (Å²) in [5, 5.41) is 3.01. The topological polar surface area (TPSA) is 64.6 Å². The molecule has 0 saturated heterocycles. The van der Waals surface area contributed by atoms with Gasteiger partial charge in [0.25, 0.3) is 0 Å². The molecule has 1 amide bonds. The van der Waals surface area contributed by atoms with Crippen LogP contribution in [0.3, 0.4) is 0 Å². The molecule has 1 unspecified atom stereocenters. The summed E-state index contributed by atoms with van der Waals surface area (Å²) in [6, 6.07) is 23.3. The first-order chi connectivity index (χ1) is 18.8. The fourth-order valence-electron chi connectivity index (χ4n) is 4.80.